The van der Waals surface area contributed by atoms with Crippen molar-refractivity contribution in [3.05, 3.63) is 23.8 Å². The van der Waals surface area contributed by atoms with Crippen molar-refractivity contribution in [3.8, 4) is 11.5 Å². The number of hydrogen-bond acceptors (Lipinski definition) is 4. The Morgan fingerprint density at radius 1 is 1.21 bits per heavy atom. The Hall–Kier alpha value is -1.26. The van der Waals surface area contributed by atoms with Crippen molar-refractivity contribution in [1.82, 2.24) is 10.2 Å². The maximum Gasteiger partial charge on any atom is 0.161 e. The molecule has 4 nitrogen and oxygen atoms in total. The molecule has 1 aromatic rings. The summed E-state index contributed by atoms with van der Waals surface area (Å²) in [4.78, 5) is 2.58. The zero-order chi connectivity index (χ0) is 17.2. The number of ether oxygens (including phenoxy) is 2. The van der Waals surface area contributed by atoms with Crippen LogP contribution in [0.15, 0.2) is 18.2 Å². The molecule has 1 saturated heterocycles. The first kappa shape index (κ1) is 19.1. The zero-order valence-corrected chi connectivity index (χ0v) is 15.6. The molecule has 0 saturated carbocycles. The molecule has 0 amide bonds. The molecule has 1 unspecified atom stereocenters. The summed E-state index contributed by atoms with van der Waals surface area (Å²) in [6.07, 6.45) is 4.85. The molecule has 0 aromatic heterocycles. The minimum Gasteiger partial charge on any atom is -0.493 e. The minimum absolute atomic E-state index is 0.729. The monoisotopic (exact) mass is 334 g/mol. The molecule has 1 N–H and O–H groups in total. The van der Waals surface area contributed by atoms with E-state index in [1.807, 2.05) is 0 Å². The molecule has 1 fully saturated rings. The lowest BCUT2D eigenvalue weighted by molar-refractivity contribution is 0.201. The lowest BCUT2D eigenvalue weighted by Gasteiger charge is -2.30. The van der Waals surface area contributed by atoms with Crippen molar-refractivity contribution in [1.29, 1.82) is 0 Å². The van der Waals surface area contributed by atoms with Gasteiger partial charge in [-0.3, -0.25) is 4.90 Å². The lowest BCUT2D eigenvalue weighted by Crippen LogP contribution is -2.38. The third-order valence-corrected chi connectivity index (χ3v) is 4.55. The molecule has 1 aliphatic rings. The Labute approximate surface area is 147 Å². The normalized spacial score (nSPS) is 17.9. The van der Waals surface area contributed by atoms with E-state index in [0.29, 0.717) is 0 Å². The summed E-state index contributed by atoms with van der Waals surface area (Å²) >= 11 is 0. The van der Waals surface area contributed by atoms with Gasteiger partial charge in [-0.25, -0.2) is 0 Å². The van der Waals surface area contributed by atoms with Crippen LogP contribution in [0, 0.1) is 5.92 Å². The van der Waals surface area contributed by atoms with E-state index in [2.05, 4.69) is 42.3 Å². The van der Waals surface area contributed by atoms with E-state index in [1.54, 1.807) is 7.11 Å². The SMILES string of the molecule is CCCOc1ccc(CN(CCC)CC2CCCNC2)cc1OC. The zero-order valence-electron chi connectivity index (χ0n) is 15.6. The molecular formula is C20H34N2O2. The van der Waals surface area contributed by atoms with Gasteiger partial charge in [-0.1, -0.05) is 19.9 Å². The van der Waals surface area contributed by atoms with Gasteiger partial charge in [-0.05, 0) is 68.9 Å². The van der Waals surface area contributed by atoms with Crippen LogP contribution < -0.4 is 14.8 Å². The van der Waals surface area contributed by atoms with Crippen molar-refractivity contribution < 1.29 is 9.47 Å². The quantitative estimate of drug-likeness (QED) is 0.707. The molecule has 0 radical (unpaired) electrons. The van der Waals surface area contributed by atoms with Gasteiger partial charge in [0.25, 0.3) is 0 Å². The fraction of sp³-hybridized carbons (Fsp3) is 0.700. The predicted octanol–water partition coefficient (Wildman–Crippen LogP) is 3.70. The van der Waals surface area contributed by atoms with Crippen molar-refractivity contribution in [2.75, 3.05) is 39.9 Å². The maximum absolute atomic E-state index is 5.76. The van der Waals surface area contributed by atoms with E-state index in [1.165, 1.54) is 37.9 Å². The molecule has 0 bridgehead atoms. The summed E-state index contributed by atoms with van der Waals surface area (Å²) in [6, 6.07) is 6.36. The van der Waals surface area contributed by atoms with Gasteiger partial charge >= 0.3 is 0 Å². The summed E-state index contributed by atoms with van der Waals surface area (Å²) in [5.74, 6) is 2.47. The highest BCUT2D eigenvalue weighted by Gasteiger charge is 2.17. The Morgan fingerprint density at radius 2 is 2.08 bits per heavy atom. The van der Waals surface area contributed by atoms with Crippen LogP contribution in [0.3, 0.4) is 0 Å². The number of nitrogens with zero attached hydrogens (tertiary/aromatic N) is 1. The van der Waals surface area contributed by atoms with Crippen LogP contribution >= 0.6 is 0 Å². The Bertz CT molecular complexity index is 473. The average Bonchev–Trinajstić information content (AvgIpc) is 2.61. The standard InChI is InChI=1S/C20H34N2O2/c1-4-11-22(16-18-7-6-10-21-14-18)15-17-8-9-19(24-12-5-2)20(13-17)23-3/h8-9,13,18,21H,4-7,10-12,14-16H2,1-3H3. The number of benzene rings is 1. The smallest absolute Gasteiger partial charge is 0.161 e. The van der Waals surface area contributed by atoms with Crippen LogP contribution in [-0.2, 0) is 6.54 Å². The highest BCUT2D eigenvalue weighted by Crippen LogP contribution is 2.29. The Balaban J connectivity index is 1.99. The van der Waals surface area contributed by atoms with Crippen LogP contribution in [0.2, 0.25) is 0 Å². The van der Waals surface area contributed by atoms with Crippen molar-refractivity contribution in [3.63, 3.8) is 0 Å². The van der Waals surface area contributed by atoms with Gasteiger partial charge in [0, 0.05) is 13.1 Å². The topological polar surface area (TPSA) is 33.7 Å². The Morgan fingerprint density at radius 3 is 2.75 bits per heavy atom. The van der Waals surface area contributed by atoms with E-state index >= 15 is 0 Å². The molecule has 1 aliphatic heterocycles. The van der Waals surface area contributed by atoms with E-state index in [9.17, 15) is 0 Å². The third-order valence-electron chi connectivity index (χ3n) is 4.55. The molecule has 24 heavy (non-hydrogen) atoms. The number of rotatable bonds is 10. The first-order chi connectivity index (χ1) is 11.8. The van der Waals surface area contributed by atoms with Gasteiger partial charge in [0.15, 0.2) is 11.5 Å². The van der Waals surface area contributed by atoms with Gasteiger partial charge in [0.05, 0.1) is 13.7 Å². The highest BCUT2D eigenvalue weighted by molar-refractivity contribution is 5.43. The second-order valence-corrected chi connectivity index (χ2v) is 6.78. The number of methoxy groups -OCH3 is 1. The second kappa shape index (κ2) is 10.6. The van der Waals surface area contributed by atoms with E-state index < -0.39 is 0 Å². The van der Waals surface area contributed by atoms with Crippen LogP contribution in [0.4, 0.5) is 0 Å². The summed E-state index contributed by atoms with van der Waals surface area (Å²) in [5.41, 5.74) is 1.30. The average molecular weight is 335 g/mol. The highest BCUT2D eigenvalue weighted by atomic mass is 16.5. The van der Waals surface area contributed by atoms with Gasteiger partial charge in [0.2, 0.25) is 0 Å². The van der Waals surface area contributed by atoms with Gasteiger partial charge in [-0.2, -0.15) is 0 Å². The van der Waals surface area contributed by atoms with Gasteiger partial charge in [0.1, 0.15) is 0 Å². The molecular weight excluding hydrogens is 300 g/mol. The van der Waals surface area contributed by atoms with Crippen LogP contribution in [0.25, 0.3) is 0 Å². The number of nitrogens with one attached hydrogen (secondary N) is 1. The minimum atomic E-state index is 0.729. The molecule has 2 rings (SSSR count). The predicted molar refractivity (Wildman–Crippen MR) is 99.9 cm³/mol. The molecule has 136 valence electrons. The fourth-order valence-electron chi connectivity index (χ4n) is 3.40. The first-order valence-electron chi connectivity index (χ1n) is 9.49. The van der Waals surface area contributed by atoms with Crippen LogP contribution in [0.5, 0.6) is 11.5 Å². The number of piperidine rings is 1. The van der Waals surface area contributed by atoms with Crippen molar-refractivity contribution in [2.45, 2.75) is 46.1 Å². The Kier molecular flexibility index (Phi) is 8.40. The lowest BCUT2D eigenvalue weighted by atomic mass is 9.98. The summed E-state index contributed by atoms with van der Waals surface area (Å²) in [7, 11) is 1.72. The molecule has 0 aliphatic carbocycles. The molecule has 4 heteroatoms. The van der Waals surface area contributed by atoms with E-state index in [4.69, 9.17) is 9.47 Å². The fourth-order valence-corrected chi connectivity index (χ4v) is 3.40. The summed E-state index contributed by atoms with van der Waals surface area (Å²) in [6.45, 7) is 10.7. The van der Waals surface area contributed by atoms with Crippen molar-refractivity contribution >= 4 is 0 Å². The number of hydrogen-bond donors (Lipinski definition) is 1. The third kappa shape index (κ3) is 5.99. The largest absolute Gasteiger partial charge is 0.493 e. The van der Waals surface area contributed by atoms with Gasteiger partial charge in [-0.15, -0.1) is 0 Å². The van der Waals surface area contributed by atoms with Crippen molar-refractivity contribution in [2.24, 2.45) is 5.92 Å². The second-order valence-electron chi connectivity index (χ2n) is 6.78. The molecule has 1 heterocycles. The van der Waals surface area contributed by atoms with Crippen LogP contribution in [-0.4, -0.2) is 44.8 Å². The van der Waals surface area contributed by atoms with Gasteiger partial charge < -0.3 is 14.8 Å². The maximum atomic E-state index is 5.76. The molecule has 1 aromatic carbocycles. The first-order valence-corrected chi connectivity index (χ1v) is 9.49. The summed E-state index contributed by atoms with van der Waals surface area (Å²) in [5, 5.41) is 3.53. The molecule has 0 spiro atoms. The van der Waals surface area contributed by atoms with E-state index in [-0.39, 0.29) is 0 Å². The molecule has 1 atom stereocenters. The van der Waals surface area contributed by atoms with Crippen LogP contribution in [0.1, 0.15) is 45.1 Å². The summed E-state index contributed by atoms with van der Waals surface area (Å²) < 4.78 is 11.3. The van der Waals surface area contributed by atoms with E-state index in [0.717, 1.165) is 50.1 Å².